The van der Waals surface area contributed by atoms with E-state index in [4.69, 9.17) is 17.0 Å². The van der Waals surface area contributed by atoms with Crippen LogP contribution in [0.15, 0.2) is 34.6 Å². The Labute approximate surface area is 169 Å². The number of carbonyl (C=O) groups is 1. The lowest BCUT2D eigenvalue weighted by Crippen LogP contribution is -2.26. The van der Waals surface area contributed by atoms with E-state index in [0.717, 1.165) is 25.7 Å². The molecule has 0 radical (unpaired) electrons. The van der Waals surface area contributed by atoms with E-state index in [1.165, 1.54) is 18.4 Å². The van der Waals surface area contributed by atoms with Crippen molar-refractivity contribution in [3.05, 3.63) is 50.5 Å². The fourth-order valence-electron chi connectivity index (χ4n) is 3.51. The van der Waals surface area contributed by atoms with Gasteiger partial charge < -0.3 is 15.0 Å². The largest absolute Gasteiger partial charge is 0.385 e. The van der Waals surface area contributed by atoms with Crippen LogP contribution in [0.25, 0.3) is 10.9 Å². The summed E-state index contributed by atoms with van der Waals surface area (Å²) in [5.74, 6) is -0.175. The third kappa shape index (κ3) is 4.97. The van der Waals surface area contributed by atoms with Gasteiger partial charge in [0.2, 0.25) is 0 Å². The summed E-state index contributed by atoms with van der Waals surface area (Å²) >= 11 is 5.42. The summed E-state index contributed by atoms with van der Waals surface area (Å²) in [5.41, 5.74) is 2.39. The number of hydrogen-bond acceptors (Lipinski definition) is 4. The van der Waals surface area contributed by atoms with Gasteiger partial charge in [-0.1, -0.05) is 11.6 Å². The van der Waals surface area contributed by atoms with Crippen molar-refractivity contribution in [2.24, 2.45) is 0 Å². The minimum atomic E-state index is -0.175. The molecule has 1 aliphatic rings. The van der Waals surface area contributed by atoms with Crippen LogP contribution < -0.4 is 10.9 Å². The van der Waals surface area contributed by atoms with Crippen LogP contribution in [-0.4, -0.2) is 35.7 Å². The quantitative estimate of drug-likeness (QED) is 0.402. The number of aromatic amines is 1. The standard InChI is InChI=1S/C21H27N3O3S/c1-27-13-5-11-22-19(25)16-8-9-17-18(14-16)23-21(28)24(20(17)26)12-10-15-6-3-2-4-7-15/h6,8-9,14H,2-5,7,10-13H2,1H3,(H,22,25)(H,23,28). The van der Waals surface area contributed by atoms with Gasteiger partial charge in [0, 0.05) is 32.4 Å². The molecule has 0 bridgehead atoms. The van der Waals surface area contributed by atoms with Gasteiger partial charge >= 0.3 is 0 Å². The zero-order valence-electron chi connectivity index (χ0n) is 16.3. The van der Waals surface area contributed by atoms with E-state index in [0.29, 0.717) is 40.9 Å². The van der Waals surface area contributed by atoms with Crippen molar-refractivity contribution >= 4 is 29.0 Å². The van der Waals surface area contributed by atoms with Crippen LogP contribution in [0.2, 0.25) is 0 Å². The molecule has 3 rings (SSSR count). The van der Waals surface area contributed by atoms with E-state index in [1.807, 2.05) is 0 Å². The number of H-pyrrole nitrogens is 1. The number of rotatable bonds is 8. The molecule has 0 saturated carbocycles. The van der Waals surface area contributed by atoms with Crippen molar-refractivity contribution in [2.75, 3.05) is 20.3 Å². The smallest absolute Gasteiger partial charge is 0.262 e. The molecule has 28 heavy (non-hydrogen) atoms. The number of nitrogens with one attached hydrogen (secondary N) is 2. The number of ether oxygens (including phenoxy) is 1. The zero-order valence-corrected chi connectivity index (χ0v) is 17.1. The molecule has 0 unspecified atom stereocenters. The minimum Gasteiger partial charge on any atom is -0.385 e. The molecule has 1 aromatic heterocycles. The molecule has 1 heterocycles. The fourth-order valence-corrected chi connectivity index (χ4v) is 3.79. The summed E-state index contributed by atoms with van der Waals surface area (Å²) in [7, 11) is 1.63. The van der Waals surface area contributed by atoms with Gasteiger partial charge in [-0.3, -0.25) is 14.2 Å². The Morgan fingerprint density at radius 3 is 2.96 bits per heavy atom. The van der Waals surface area contributed by atoms with E-state index < -0.39 is 0 Å². The first-order valence-electron chi connectivity index (χ1n) is 9.82. The highest BCUT2D eigenvalue weighted by Gasteiger charge is 2.11. The zero-order chi connectivity index (χ0) is 19.9. The lowest BCUT2D eigenvalue weighted by atomic mass is 9.97. The molecule has 6 nitrogen and oxygen atoms in total. The van der Waals surface area contributed by atoms with Crippen molar-refractivity contribution in [3.63, 3.8) is 0 Å². The highest BCUT2D eigenvalue weighted by atomic mass is 32.1. The third-order valence-corrected chi connectivity index (χ3v) is 5.42. The second-order valence-electron chi connectivity index (χ2n) is 7.11. The summed E-state index contributed by atoms with van der Waals surface area (Å²) in [6.45, 7) is 1.72. The van der Waals surface area contributed by atoms with Gasteiger partial charge in [-0.2, -0.15) is 0 Å². The maximum absolute atomic E-state index is 12.9. The number of carbonyl (C=O) groups excluding carboxylic acids is 1. The van der Waals surface area contributed by atoms with E-state index >= 15 is 0 Å². The van der Waals surface area contributed by atoms with Crippen molar-refractivity contribution in [1.29, 1.82) is 0 Å². The van der Waals surface area contributed by atoms with Crippen LogP contribution in [0.3, 0.4) is 0 Å². The highest BCUT2D eigenvalue weighted by molar-refractivity contribution is 7.71. The molecule has 7 heteroatoms. The second-order valence-corrected chi connectivity index (χ2v) is 7.49. The Bertz CT molecular complexity index is 991. The van der Waals surface area contributed by atoms with Gasteiger partial charge in [-0.25, -0.2) is 0 Å². The summed E-state index contributed by atoms with van der Waals surface area (Å²) in [5, 5.41) is 3.39. The average Bonchev–Trinajstić information content (AvgIpc) is 2.71. The molecule has 2 N–H and O–H groups in total. The third-order valence-electron chi connectivity index (χ3n) is 5.10. The lowest BCUT2D eigenvalue weighted by molar-refractivity contribution is 0.0948. The Balaban J connectivity index is 1.78. The molecule has 1 amide bonds. The number of amides is 1. The summed E-state index contributed by atoms with van der Waals surface area (Å²) < 4.78 is 6.99. The lowest BCUT2D eigenvalue weighted by Gasteiger charge is -2.14. The molecule has 0 saturated heterocycles. The van der Waals surface area contributed by atoms with Crippen LogP contribution in [-0.2, 0) is 11.3 Å². The van der Waals surface area contributed by atoms with Crippen LogP contribution in [0.5, 0.6) is 0 Å². The SMILES string of the molecule is COCCCNC(=O)c1ccc2c(=O)n(CCC3=CCCCC3)c(=S)[nH]c2c1. The van der Waals surface area contributed by atoms with Crippen LogP contribution in [0.1, 0.15) is 48.9 Å². The Kier molecular flexibility index (Phi) is 7.17. The number of allylic oxidation sites excluding steroid dienone is 2. The number of fused-ring (bicyclic) bond motifs is 1. The normalized spacial score (nSPS) is 14.1. The molecule has 2 aromatic rings. The van der Waals surface area contributed by atoms with Crippen molar-refractivity contribution < 1.29 is 9.53 Å². The van der Waals surface area contributed by atoms with Gasteiger partial charge in [0.05, 0.1) is 10.9 Å². The summed E-state index contributed by atoms with van der Waals surface area (Å²) in [6, 6.07) is 5.07. The van der Waals surface area contributed by atoms with Crippen molar-refractivity contribution in [2.45, 2.75) is 45.1 Å². The number of aromatic nitrogens is 2. The van der Waals surface area contributed by atoms with Crippen LogP contribution in [0.4, 0.5) is 0 Å². The topological polar surface area (TPSA) is 76.1 Å². The molecule has 0 spiro atoms. The summed E-state index contributed by atoms with van der Waals surface area (Å²) in [4.78, 5) is 28.3. The molecular formula is C21H27N3O3S. The van der Waals surface area contributed by atoms with Gasteiger partial charge in [0.1, 0.15) is 0 Å². The first-order chi connectivity index (χ1) is 13.6. The number of nitrogens with zero attached hydrogens (tertiary/aromatic N) is 1. The van der Waals surface area contributed by atoms with Crippen molar-refractivity contribution in [3.8, 4) is 0 Å². The highest BCUT2D eigenvalue weighted by Crippen LogP contribution is 2.20. The molecule has 1 aromatic carbocycles. The monoisotopic (exact) mass is 401 g/mol. The molecule has 0 fully saturated rings. The summed E-state index contributed by atoms with van der Waals surface area (Å²) in [6.07, 6.45) is 8.61. The number of hydrogen-bond donors (Lipinski definition) is 2. The number of methoxy groups -OCH3 is 1. The van der Waals surface area contributed by atoms with E-state index in [9.17, 15) is 9.59 Å². The van der Waals surface area contributed by atoms with E-state index in [-0.39, 0.29) is 11.5 Å². The molecule has 0 atom stereocenters. The average molecular weight is 402 g/mol. The Morgan fingerprint density at radius 2 is 2.21 bits per heavy atom. The maximum Gasteiger partial charge on any atom is 0.262 e. The van der Waals surface area contributed by atoms with Gasteiger partial charge in [-0.15, -0.1) is 0 Å². The molecule has 1 aliphatic carbocycles. The van der Waals surface area contributed by atoms with Gasteiger partial charge in [0.15, 0.2) is 4.77 Å². The van der Waals surface area contributed by atoms with Gasteiger partial charge in [0.25, 0.3) is 11.5 Å². The predicted molar refractivity (Wildman–Crippen MR) is 113 cm³/mol. The Morgan fingerprint density at radius 1 is 1.36 bits per heavy atom. The van der Waals surface area contributed by atoms with Gasteiger partial charge in [-0.05, 0) is 68.9 Å². The molecular weight excluding hydrogens is 374 g/mol. The number of benzene rings is 1. The predicted octanol–water partition coefficient (Wildman–Crippen LogP) is 3.72. The van der Waals surface area contributed by atoms with Crippen molar-refractivity contribution in [1.82, 2.24) is 14.9 Å². The fraction of sp³-hybridized carbons (Fsp3) is 0.476. The van der Waals surface area contributed by atoms with E-state index in [2.05, 4.69) is 16.4 Å². The van der Waals surface area contributed by atoms with Crippen LogP contribution in [0, 0.1) is 4.77 Å². The van der Waals surface area contributed by atoms with Crippen LogP contribution >= 0.6 is 12.2 Å². The molecule has 150 valence electrons. The van der Waals surface area contributed by atoms with E-state index in [1.54, 1.807) is 29.9 Å². The first kappa shape index (κ1) is 20.5. The molecule has 0 aliphatic heterocycles. The maximum atomic E-state index is 12.9. The minimum absolute atomic E-state index is 0.109. The first-order valence-corrected chi connectivity index (χ1v) is 10.2. The second kappa shape index (κ2) is 9.80. The Hall–Kier alpha value is -2.25.